The number of benzene rings is 1. The predicted octanol–water partition coefficient (Wildman–Crippen LogP) is 1.78. The summed E-state index contributed by atoms with van der Waals surface area (Å²) in [6.45, 7) is 2.50. The van der Waals surface area contributed by atoms with Gasteiger partial charge in [0.2, 0.25) is 0 Å². The van der Waals surface area contributed by atoms with E-state index < -0.39 is 9.84 Å². The molecule has 2 fully saturated rings. The number of sulfone groups is 1. The first kappa shape index (κ1) is 18.7. The van der Waals surface area contributed by atoms with Gasteiger partial charge in [0, 0.05) is 12.2 Å². The van der Waals surface area contributed by atoms with Gasteiger partial charge in [-0.1, -0.05) is 24.4 Å². The summed E-state index contributed by atoms with van der Waals surface area (Å²) in [5.41, 5.74) is 0.363. The number of quaternary nitrogens is 1. The van der Waals surface area contributed by atoms with Crippen LogP contribution < -0.4 is 10.2 Å². The standard InChI is InChI=1S/C18H25ClN2O3S/c1-25(23,24)15-6-7-16(19)17(10-15)20-18(22)12-21-9-8-13-4-2-3-5-14(13)11-21/h6-7,10,13-14H,2-5,8-9,11-12H2,1H3,(H,20,22)/p+1/t13-,14+/m0/s1. The zero-order chi connectivity index (χ0) is 18.0. The number of hydrogen-bond acceptors (Lipinski definition) is 3. The molecule has 1 amide bonds. The molecule has 3 atom stereocenters. The summed E-state index contributed by atoms with van der Waals surface area (Å²) in [5, 5.41) is 3.13. The van der Waals surface area contributed by atoms with Crippen LogP contribution in [0.25, 0.3) is 0 Å². The van der Waals surface area contributed by atoms with Crippen molar-refractivity contribution in [2.24, 2.45) is 11.8 Å². The molecule has 2 N–H and O–H groups in total. The minimum absolute atomic E-state index is 0.114. The van der Waals surface area contributed by atoms with Crippen LogP contribution in [0.1, 0.15) is 32.1 Å². The maximum atomic E-state index is 12.4. The summed E-state index contributed by atoms with van der Waals surface area (Å²) in [5.74, 6) is 1.49. The number of nitrogens with one attached hydrogen (secondary N) is 2. The highest BCUT2D eigenvalue weighted by Crippen LogP contribution is 2.32. The summed E-state index contributed by atoms with van der Waals surface area (Å²) in [4.78, 5) is 13.9. The molecule has 25 heavy (non-hydrogen) atoms. The molecule has 1 aliphatic carbocycles. The van der Waals surface area contributed by atoms with Gasteiger partial charge >= 0.3 is 0 Å². The summed E-state index contributed by atoms with van der Waals surface area (Å²) in [6.07, 6.45) is 7.65. The van der Waals surface area contributed by atoms with Crippen molar-refractivity contribution in [3.63, 3.8) is 0 Å². The van der Waals surface area contributed by atoms with Crippen LogP contribution in [0.3, 0.4) is 0 Å². The zero-order valence-corrected chi connectivity index (χ0v) is 16.1. The first-order valence-corrected chi connectivity index (χ1v) is 11.2. The minimum atomic E-state index is -3.33. The number of carbonyl (C=O) groups excluding carboxylic acids is 1. The molecule has 0 spiro atoms. The number of piperidine rings is 1. The Morgan fingerprint density at radius 2 is 1.96 bits per heavy atom. The highest BCUT2D eigenvalue weighted by atomic mass is 35.5. The largest absolute Gasteiger partial charge is 0.327 e. The van der Waals surface area contributed by atoms with Crippen molar-refractivity contribution in [3.05, 3.63) is 23.2 Å². The third-order valence-corrected chi connectivity index (χ3v) is 6.98. The van der Waals surface area contributed by atoms with E-state index in [-0.39, 0.29) is 10.8 Å². The summed E-state index contributed by atoms with van der Waals surface area (Å²) >= 11 is 6.11. The second-order valence-corrected chi connectivity index (χ2v) is 9.86. The number of fused-ring (bicyclic) bond motifs is 1. The Bertz CT molecular complexity index is 751. The van der Waals surface area contributed by atoms with Crippen molar-refractivity contribution in [3.8, 4) is 0 Å². The maximum Gasteiger partial charge on any atom is 0.279 e. The van der Waals surface area contributed by atoms with Gasteiger partial charge in [-0.25, -0.2) is 8.42 Å². The molecule has 1 saturated heterocycles. The SMILES string of the molecule is CS(=O)(=O)c1ccc(Cl)c(NC(=O)C[NH+]2CC[C@@H]3CCCC[C@@H]3C2)c1. The van der Waals surface area contributed by atoms with Crippen LogP contribution in [-0.4, -0.2) is 40.2 Å². The lowest BCUT2D eigenvalue weighted by Crippen LogP contribution is -3.15. The molecule has 7 heteroatoms. The molecule has 0 aromatic heterocycles. The van der Waals surface area contributed by atoms with Gasteiger partial charge < -0.3 is 10.2 Å². The van der Waals surface area contributed by atoms with E-state index in [0.717, 1.165) is 31.2 Å². The number of carbonyl (C=O) groups is 1. The van der Waals surface area contributed by atoms with Crippen LogP contribution in [0, 0.1) is 11.8 Å². The summed E-state index contributed by atoms with van der Waals surface area (Å²) < 4.78 is 23.3. The topological polar surface area (TPSA) is 67.7 Å². The Hall–Kier alpha value is -1.11. The van der Waals surface area contributed by atoms with Gasteiger partial charge in [-0.15, -0.1) is 0 Å². The van der Waals surface area contributed by atoms with Crippen molar-refractivity contribution in [2.45, 2.75) is 37.0 Å². The lowest BCUT2D eigenvalue weighted by Gasteiger charge is -2.38. The van der Waals surface area contributed by atoms with Crippen molar-refractivity contribution < 1.29 is 18.1 Å². The lowest BCUT2D eigenvalue weighted by atomic mass is 9.75. The normalized spacial score (nSPS) is 26.7. The van der Waals surface area contributed by atoms with E-state index in [4.69, 9.17) is 11.6 Å². The molecule has 2 aliphatic rings. The Kier molecular flexibility index (Phi) is 5.71. The number of anilines is 1. The number of amides is 1. The number of halogens is 1. The Labute approximate surface area is 154 Å². The molecular formula is C18H26ClN2O3S+. The van der Waals surface area contributed by atoms with Crippen molar-refractivity contribution in [1.29, 1.82) is 0 Å². The quantitative estimate of drug-likeness (QED) is 0.830. The molecule has 0 radical (unpaired) electrons. The summed E-state index contributed by atoms with van der Waals surface area (Å²) in [7, 11) is -3.33. The molecule has 1 heterocycles. The highest BCUT2D eigenvalue weighted by Gasteiger charge is 2.34. The molecule has 5 nitrogen and oxygen atoms in total. The van der Waals surface area contributed by atoms with E-state index in [0.29, 0.717) is 17.3 Å². The molecule has 1 unspecified atom stereocenters. The van der Waals surface area contributed by atoms with Gasteiger partial charge in [-0.3, -0.25) is 4.79 Å². The minimum Gasteiger partial charge on any atom is -0.327 e. The average molecular weight is 386 g/mol. The van der Waals surface area contributed by atoms with Crippen LogP contribution in [0.5, 0.6) is 0 Å². The van der Waals surface area contributed by atoms with Gasteiger partial charge in [0.1, 0.15) is 0 Å². The van der Waals surface area contributed by atoms with Crippen LogP contribution in [0.15, 0.2) is 23.1 Å². The van der Waals surface area contributed by atoms with Gasteiger partial charge in [0.05, 0.1) is 28.7 Å². The van der Waals surface area contributed by atoms with Crippen LogP contribution in [0.2, 0.25) is 5.02 Å². The van der Waals surface area contributed by atoms with E-state index in [2.05, 4.69) is 5.32 Å². The monoisotopic (exact) mass is 385 g/mol. The Morgan fingerprint density at radius 1 is 1.24 bits per heavy atom. The maximum absolute atomic E-state index is 12.4. The molecule has 1 aromatic rings. The van der Waals surface area contributed by atoms with E-state index in [1.54, 1.807) is 0 Å². The second-order valence-electron chi connectivity index (χ2n) is 7.44. The lowest BCUT2D eigenvalue weighted by molar-refractivity contribution is -0.902. The van der Waals surface area contributed by atoms with E-state index in [1.807, 2.05) is 0 Å². The van der Waals surface area contributed by atoms with E-state index in [1.165, 1.54) is 55.2 Å². The molecule has 138 valence electrons. The van der Waals surface area contributed by atoms with Crippen molar-refractivity contribution >= 4 is 33.0 Å². The predicted molar refractivity (Wildman–Crippen MR) is 98.8 cm³/mol. The van der Waals surface area contributed by atoms with Gasteiger partial charge in [0.25, 0.3) is 5.91 Å². The summed E-state index contributed by atoms with van der Waals surface area (Å²) in [6, 6.07) is 4.39. The number of rotatable bonds is 4. The first-order chi connectivity index (χ1) is 11.8. The van der Waals surface area contributed by atoms with E-state index in [9.17, 15) is 13.2 Å². The van der Waals surface area contributed by atoms with Gasteiger partial charge in [-0.2, -0.15) is 0 Å². The van der Waals surface area contributed by atoms with Crippen molar-refractivity contribution in [2.75, 3.05) is 31.2 Å². The fourth-order valence-electron chi connectivity index (χ4n) is 4.21. The Balaban J connectivity index is 1.61. The fourth-order valence-corrected chi connectivity index (χ4v) is 5.02. The third kappa shape index (κ3) is 4.74. The van der Waals surface area contributed by atoms with Gasteiger partial charge in [-0.05, 0) is 43.4 Å². The van der Waals surface area contributed by atoms with Crippen LogP contribution >= 0.6 is 11.6 Å². The Morgan fingerprint density at radius 3 is 2.68 bits per heavy atom. The number of hydrogen-bond donors (Lipinski definition) is 2. The molecule has 3 rings (SSSR count). The highest BCUT2D eigenvalue weighted by molar-refractivity contribution is 7.90. The smallest absolute Gasteiger partial charge is 0.279 e. The zero-order valence-electron chi connectivity index (χ0n) is 14.6. The molecule has 1 saturated carbocycles. The average Bonchev–Trinajstić information content (AvgIpc) is 2.55. The molecule has 1 aliphatic heterocycles. The number of likely N-dealkylation sites (tertiary alicyclic amines) is 1. The van der Waals surface area contributed by atoms with Crippen molar-refractivity contribution in [1.82, 2.24) is 0 Å². The molecular weight excluding hydrogens is 360 g/mol. The van der Waals surface area contributed by atoms with Gasteiger partial charge in [0.15, 0.2) is 16.4 Å². The third-order valence-electron chi connectivity index (χ3n) is 5.54. The second kappa shape index (κ2) is 7.64. The van der Waals surface area contributed by atoms with E-state index >= 15 is 0 Å². The first-order valence-electron chi connectivity index (χ1n) is 8.96. The molecule has 0 bridgehead atoms. The fraction of sp³-hybridized carbons (Fsp3) is 0.611. The van der Waals surface area contributed by atoms with Crippen LogP contribution in [0.4, 0.5) is 5.69 Å². The molecule has 1 aromatic carbocycles. The van der Waals surface area contributed by atoms with Crippen LogP contribution in [-0.2, 0) is 14.6 Å².